The van der Waals surface area contributed by atoms with E-state index in [-0.39, 0.29) is 12.6 Å². The van der Waals surface area contributed by atoms with E-state index in [2.05, 4.69) is 26.3 Å². The Labute approximate surface area is 221 Å². The normalized spacial score (nSPS) is 18.5. The molecule has 11 heteroatoms. The Morgan fingerprint density at radius 2 is 2.08 bits per heavy atom. The van der Waals surface area contributed by atoms with Gasteiger partial charge in [0, 0.05) is 25.0 Å². The first-order valence-electron chi connectivity index (χ1n) is 13.3. The van der Waals surface area contributed by atoms with Crippen LogP contribution in [0.5, 0.6) is 11.8 Å². The summed E-state index contributed by atoms with van der Waals surface area (Å²) >= 11 is 0. The van der Waals surface area contributed by atoms with Gasteiger partial charge in [0.2, 0.25) is 11.8 Å². The topological polar surface area (TPSA) is 119 Å². The molecule has 0 radical (unpaired) electrons. The zero-order valence-electron chi connectivity index (χ0n) is 22.4. The van der Waals surface area contributed by atoms with Crippen LogP contribution in [0.2, 0.25) is 0 Å². The molecule has 0 aromatic carbocycles. The monoisotopic (exact) mass is 518 g/mol. The SMILES string of the molecule is CCOc1nn(CCO)c2c1/C=C/c1[nH]nc3c(C)nc(cc13)-c1c(C)nn(C)c1OCC1CCCN1C2. The van der Waals surface area contributed by atoms with Crippen molar-refractivity contribution in [3.8, 4) is 23.0 Å². The van der Waals surface area contributed by atoms with Gasteiger partial charge in [0.1, 0.15) is 12.1 Å². The van der Waals surface area contributed by atoms with E-state index in [1.165, 1.54) is 0 Å². The molecule has 1 unspecified atom stereocenters. The van der Waals surface area contributed by atoms with Crippen LogP contribution in [0.15, 0.2) is 6.07 Å². The molecule has 38 heavy (non-hydrogen) atoms. The lowest BCUT2D eigenvalue weighted by atomic mass is 10.1. The third-order valence-corrected chi connectivity index (χ3v) is 7.51. The van der Waals surface area contributed by atoms with Crippen LogP contribution in [0, 0.1) is 13.8 Å². The summed E-state index contributed by atoms with van der Waals surface area (Å²) < 4.78 is 16.2. The van der Waals surface area contributed by atoms with Crippen LogP contribution in [-0.2, 0) is 20.1 Å². The molecule has 200 valence electrons. The van der Waals surface area contributed by atoms with Gasteiger partial charge in [-0.1, -0.05) is 0 Å². The van der Waals surface area contributed by atoms with Crippen molar-refractivity contribution in [1.29, 1.82) is 0 Å². The van der Waals surface area contributed by atoms with Gasteiger partial charge in [0.25, 0.3) is 0 Å². The van der Waals surface area contributed by atoms with E-state index in [0.29, 0.717) is 32.2 Å². The van der Waals surface area contributed by atoms with Crippen LogP contribution in [-0.4, -0.2) is 77.2 Å². The number of aryl methyl sites for hydroxylation is 3. The van der Waals surface area contributed by atoms with Gasteiger partial charge in [0.05, 0.1) is 59.4 Å². The molecule has 11 nitrogen and oxygen atoms in total. The summed E-state index contributed by atoms with van der Waals surface area (Å²) in [5.74, 6) is 1.29. The van der Waals surface area contributed by atoms with Gasteiger partial charge < -0.3 is 14.6 Å². The molecule has 4 aromatic heterocycles. The molecule has 6 rings (SSSR count). The third kappa shape index (κ3) is 4.15. The molecule has 0 saturated carbocycles. The number of aromatic nitrogens is 7. The Morgan fingerprint density at radius 3 is 2.89 bits per heavy atom. The summed E-state index contributed by atoms with van der Waals surface area (Å²) in [6.07, 6.45) is 6.21. The molecule has 2 bridgehead atoms. The number of H-pyrrole nitrogens is 1. The quantitative estimate of drug-likeness (QED) is 0.423. The number of nitrogens with one attached hydrogen (secondary N) is 1. The highest BCUT2D eigenvalue weighted by atomic mass is 16.5. The van der Waals surface area contributed by atoms with E-state index in [4.69, 9.17) is 19.6 Å². The van der Waals surface area contributed by atoms with Crippen molar-refractivity contribution in [3.05, 3.63) is 34.4 Å². The van der Waals surface area contributed by atoms with Gasteiger partial charge >= 0.3 is 0 Å². The molecule has 6 heterocycles. The average molecular weight is 519 g/mol. The number of aliphatic hydroxyl groups excluding tert-OH is 1. The lowest BCUT2D eigenvalue weighted by molar-refractivity contribution is 0.156. The van der Waals surface area contributed by atoms with Crippen LogP contribution in [0.25, 0.3) is 34.3 Å². The van der Waals surface area contributed by atoms with Crippen LogP contribution < -0.4 is 9.47 Å². The van der Waals surface area contributed by atoms with E-state index in [9.17, 15) is 5.11 Å². The van der Waals surface area contributed by atoms with E-state index in [1.807, 2.05) is 49.3 Å². The zero-order chi connectivity index (χ0) is 26.4. The number of rotatable bonds is 4. The Balaban J connectivity index is 1.56. The number of nitrogens with zero attached hydrogens (tertiary/aromatic N) is 7. The second-order valence-electron chi connectivity index (χ2n) is 9.97. The largest absolute Gasteiger partial charge is 0.476 e. The van der Waals surface area contributed by atoms with Crippen molar-refractivity contribution >= 4 is 23.1 Å². The van der Waals surface area contributed by atoms with Crippen molar-refractivity contribution in [2.45, 2.75) is 52.7 Å². The second-order valence-corrected chi connectivity index (χ2v) is 9.97. The minimum atomic E-state index is -0.00119. The first-order chi connectivity index (χ1) is 18.5. The highest BCUT2D eigenvalue weighted by molar-refractivity contribution is 5.93. The minimum Gasteiger partial charge on any atom is -0.476 e. The maximum atomic E-state index is 9.77. The van der Waals surface area contributed by atoms with Crippen LogP contribution in [0.4, 0.5) is 0 Å². The second kappa shape index (κ2) is 9.88. The maximum absolute atomic E-state index is 9.77. The lowest BCUT2D eigenvalue weighted by Crippen LogP contribution is -2.35. The van der Waals surface area contributed by atoms with Gasteiger partial charge in [-0.3, -0.25) is 19.7 Å². The molecular weight excluding hydrogens is 484 g/mol. The highest BCUT2D eigenvalue weighted by Crippen LogP contribution is 2.36. The minimum absolute atomic E-state index is 0.00119. The predicted octanol–water partition coefficient (Wildman–Crippen LogP) is 3.09. The molecule has 2 N–H and O–H groups in total. The van der Waals surface area contributed by atoms with Gasteiger partial charge in [-0.15, -0.1) is 5.10 Å². The number of pyridine rings is 1. The first-order valence-corrected chi connectivity index (χ1v) is 13.3. The van der Waals surface area contributed by atoms with Crippen LogP contribution in [0.3, 0.4) is 0 Å². The van der Waals surface area contributed by atoms with E-state index in [1.54, 1.807) is 0 Å². The molecule has 0 amide bonds. The zero-order valence-corrected chi connectivity index (χ0v) is 22.4. The number of fused-ring (bicyclic) bond motifs is 5. The number of hydrogen-bond donors (Lipinski definition) is 2. The summed E-state index contributed by atoms with van der Waals surface area (Å²) in [6, 6.07) is 2.30. The Hall–Kier alpha value is -3.70. The average Bonchev–Trinajstić information content (AvgIpc) is 3.64. The smallest absolute Gasteiger partial charge is 0.240 e. The summed E-state index contributed by atoms with van der Waals surface area (Å²) in [5, 5.41) is 27.9. The van der Waals surface area contributed by atoms with Gasteiger partial charge in [-0.25, -0.2) is 4.68 Å². The van der Waals surface area contributed by atoms with E-state index in [0.717, 1.165) is 75.8 Å². The van der Waals surface area contributed by atoms with Gasteiger partial charge in [-0.2, -0.15) is 10.2 Å². The summed E-state index contributed by atoms with van der Waals surface area (Å²) in [6.45, 7) is 9.01. The van der Waals surface area contributed by atoms with Crippen LogP contribution in [0.1, 0.15) is 48.1 Å². The number of aliphatic hydroxyl groups is 1. The first kappa shape index (κ1) is 24.6. The standard InChI is InChI=1S/C27H34N8O3/c1-5-37-26-19-8-9-21-20-13-22(28-17(3)25(20)30-29-21)24-16(2)31-33(4)27(24)38-15-18-7-6-10-34(18)14-23(19)35(32-26)11-12-36/h8-9,13,18,36H,5-7,10-12,14-15H2,1-4H3,(H,29,30)/b9-8+. The third-order valence-electron chi connectivity index (χ3n) is 7.51. The number of hydrogen-bond acceptors (Lipinski definition) is 8. The van der Waals surface area contributed by atoms with Crippen molar-refractivity contribution in [3.63, 3.8) is 0 Å². The Bertz CT molecular complexity index is 1510. The predicted molar refractivity (Wildman–Crippen MR) is 144 cm³/mol. The highest BCUT2D eigenvalue weighted by Gasteiger charge is 2.30. The molecule has 1 atom stereocenters. The molecule has 1 saturated heterocycles. The van der Waals surface area contributed by atoms with Gasteiger partial charge in [-0.05, 0) is 58.4 Å². The Kier molecular flexibility index (Phi) is 6.40. The molecule has 1 fully saturated rings. The van der Waals surface area contributed by atoms with Crippen molar-refractivity contribution in [1.82, 2.24) is 39.6 Å². The number of ether oxygens (including phenoxy) is 2. The maximum Gasteiger partial charge on any atom is 0.240 e. The Morgan fingerprint density at radius 1 is 1.21 bits per heavy atom. The summed E-state index contributed by atoms with van der Waals surface area (Å²) in [7, 11) is 1.92. The van der Waals surface area contributed by atoms with Gasteiger partial charge in [0.15, 0.2) is 0 Å². The molecular formula is C27H34N8O3. The molecule has 0 aliphatic carbocycles. The van der Waals surface area contributed by atoms with Crippen molar-refractivity contribution in [2.24, 2.45) is 7.05 Å². The lowest BCUT2D eigenvalue weighted by Gasteiger charge is -2.25. The van der Waals surface area contributed by atoms with E-state index < -0.39 is 0 Å². The molecule has 0 spiro atoms. The van der Waals surface area contributed by atoms with Crippen molar-refractivity contribution in [2.75, 3.05) is 26.4 Å². The van der Waals surface area contributed by atoms with Crippen molar-refractivity contribution < 1.29 is 14.6 Å². The molecule has 2 aliphatic rings. The fraction of sp³-hybridized carbons (Fsp3) is 0.481. The fourth-order valence-corrected chi connectivity index (χ4v) is 5.71. The van der Waals surface area contributed by atoms with Crippen LogP contribution >= 0.6 is 0 Å². The number of aromatic amines is 1. The molecule has 4 aromatic rings. The van der Waals surface area contributed by atoms with E-state index >= 15 is 0 Å². The molecule has 2 aliphatic heterocycles. The fourth-order valence-electron chi connectivity index (χ4n) is 5.71. The summed E-state index contributed by atoms with van der Waals surface area (Å²) in [5.41, 5.74) is 7.06. The summed E-state index contributed by atoms with van der Waals surface area (Å²) in [4.78, 5) is 7.34.